The number of hydrogen-bond acceptors (Lipinski definition) is 1. The molecular formula is C69H98S. The number of fused-ring (bicyclic) bond motifs is 3. The van der Waals surface area contributed by atoms with E-state index in [1.807, 2.05) is 11.3 Å². The fraction of sp³-hybridized carbons (Fsp3) is 0.507. The zero-order valence-corrected chi connectivity index (χ0v) is 50.3. The van der Waals surface area contributed by atoms with E-state index in [9.17, 15) is 0 Å². The summed E-state index contributed by atoms with van der Waals surface area (Å²) in [6.45, 7) is 59.1. The van der Waals surface area contributed by atoms with Crippen molar-refractivity contribution in [2.75, 3.05) is 0 Å². The summed E-state index contributed by atoms with van der Waals surface area (Å²) in [5.41, 5.74) is 18.8. The van der Waals surface area contributed by atoms with Crippen LogP contribution < -0.4 is 0 Å². The first-order valence-electron chi connectivity index (χ1n) is 26.3. The van der Waals surface area contributed by atoms with Crippen LogP contribution >= 0.6 is 11.3 Å². The van der Waals surface area contributed by atoms with Crippen molar-refractivity contribution in [2.24, 2.45) is 0 Å². The van der Waals surface area contributed by atoms with Crippen molar-refractivity contribution in [3.05, 3.63) is 176 Å². The van der Waals surface area contributed by atoms with Crippen molar-refractivity contribution >= 4 is 11.3 Å². The van der Waals surface area contributed by atoms with E-state index >= 15 is 0 Å². The first-order valence-corrected chi connectivity index (χ1v) is 27.1. The topological polar surface area (TPSA) is 0 Å². The molecule has 7 rings (SSSR count). The predicted molar refractivity (Wildman–Crippen MR) is 316 cm³/mol. The van der Waals surface area contributed by atoms with E-state index in [1.165, 1.54) is 76.5 Å². The Labute approximate surface area is 435 Å². The highest BCUT2D eigenvalue weighted by Crippen LogP contribution is 2.50. The zero-order valence-electron chi connectivity index (χ0n) is 49.5. The van der Waals surface area contributed by atoms with Gasteiger partial charge < -0.3 is 0 Å². The maximum atomic E-state index is 2.44. The summed E-state index contributed by atoms with van der Waals surface area (Å²) in [4.78, 5) is 2.97. The maximum absolute atomic E-state index is 2.44. The summed E-state index contributed by atoms with van der Waals surface area (Å²) < 4.78 is 0. The Kier molecular flexibility index (Phi) is 17.3. The van der Waals surface area contributed by atoms with Crippen molar-refractivity contribution in [1.29, 1.82) is 0 Å². The molecule has 0 bridgehead atoms. The highest BCUT2D eigenvalue weighted by molar-refractivity contribution is 7.12. The van der Waals surface area contributed by atoms with Crippen LogP contribution in [0.25, 0.3) is 22.3 Å². The molecule has 1 aliphatic carbocycles. The van der Waals surface area contributed by atoms with Gasteiger partial charge in [-0.1, -0.05) is 289 Å². The Hall–Kier alpha value is -4.20. The van der Waals surface area contributed by atoms with E-state index in [4.69, 9.17) is 0 Å². The molecule has 6 aromatic rings. The highest BCUT2D eigenvalue weighted by atomic mass is 32.1. The van der Waals surface area contributed by atoms with Crippen molar-refractivity contribution < 1.29 is 0 Å². The van der Waals surface area contributed by atoms with Gasteiger partial charge in [-0.25, -0.2) is 0 Å². The van der Waals surface area contributed by atoms with E-state index in [0.717, 1.165) is 0 Å². The van der Waals surface area contributed by atoms with Crippen LogP contribution in [0.1, 0.15) is 234 Å². The third-order valence-corrected chi connectivity index (χ3v) is 15.9. The molecular weight excluding hydrogens is 861 g/mol. The molecule has 0 fully saturated rings. The monoisotopic (exact) mass is 959 g/mol. The second kappa shape index (κ2) is 20.7. The summed E-state index contributed by atoms with van der Waals surface area (Å²) in [6.07, 6.45) is 0. The number of hydrogen-bond donors (Lipinski definition) is 0. The molecule has 0 atom stereocenters. The van der Waals surface area contributed by atoms with Gasteiger partial charge in [0.1, 0.15) is 0 Å². The Bertz CT molecular complexity index is 2430. The van der Waals surface area contributed by atoms with Crippen LogP contribution in [-0.2, 0) is 48.7 Å². The van der Waals surface area contributed by atoms with Gasteiger partial charge in [0.15, 0.2) is 0 Å². The van der Waals surface area contributed by atoms with Gasteiger partial charge in [0.2, 0.25) is 0 Å². The third-order valence-electron chi connectivity index (χ3n) is 13.9. The largest absolute Gasteiger partial charge is 0.144 e. The van der Waals surface area contributed by atoms with E-state index in [2.05, 4.69) is 301 Å². The molecule has 1 aromatic heterocycles. The Morgan fingerprint density at radius 2 is 0.471 bits per heavy atom. The summed E-state index contributed by atoms with van der Waals surface area (Å²) in [6, 6.07) is 45.6. The van der Waals surface area contributed by atoms with Crippen LogP contribution in [0.15, 0.2) is 121 Å². The Balaban J connectivity index is 0.000000209. The lowest BCUT2D eigenvalue weighted by molar-refractivity contribution is 0.577. The molecule has 0 spiro atoms. The minimum atomic E-state index is 0.0766. The standard InChI is InChI=1S/C23H30.C20H26.C14H22.C12H20S/c1-21(2,3)15-9-11-17-18-12-10-16(22(4,5)6)14-20(18)23(7,8)19(17)13-15;1-19(2,3)17-11-7-15(8-12-17)16-9-13-18(14-10-16)20(4,5)6;1-13(2,3)11-7-9-12(10-8-11)14(4,5)6;1-11(2,3)9-7-8-10(13-9)12(4,5)6/h9-14H,1-8H3;7-14H,1-6H3;7-10H,1-6H3;7-8H,1-6H3. The molecule has 0 aliphatic heterocycles. The van der Waals surface area contributed by atoms with Crippen LogP contribution in [-0.4, -0.2) is 0 Å². The van der Waals surface area contributed by atoms with Crippen molar-refractivity contribution in [3.63, 3.8) is 0 Å². The molecule has 0 saturated carbocycles. The van der Waals surface area contributed by atoms with Gasteiger partial charge in [-0.2, -0.15) is 0 Å². The van der Waals surface area contributed by atoms with Crippen LogP contribution in [0.4, 0.5) is 0 Å². The van der Waals surface area contributed by atoms with Crippen molar-refractivity contribution in [3.8, 4) is 22.3 Å². The molecule has 380 valence electrons. The van der Waals surface area contributed by atoms with Gasteiger partial charge >= 0.3 is 0 Å². The predicted octanol–water partition coefficient (Wildman–Crippen LogP) is 21.2. The van der Waals surface area contributed by atoms with Gasteiger partial charge in [-0.05, 0) is 122 Å². The summed E-state index contributed by atoms with van der Waals surface area (Å²) in [5, 5.41) is 0. The first kappa shape index (κ1) is 58.4. The summed E-state index contributed by atoms with van der Waals surface area (Å²) in [7, 11) is 0. The molecule has 0 radical (unpaired) electrons. The Morgan fingerprint density at radius 1 is 0.257 bits per heavy atom. The average molecular weight is 960 g/mol. The number of benzene rings is 5. The maximum Gasteiger partial charge on any atom is 0.0159 e. The molecule has 70 heavy (non-hydrogen) atoms. The second-order valence-electron chi connectivity index (χ2n) is 29.0. The molecule has 0 saturated heterocycles. The quantitative estimate of drug-likeness (QED) is 0.154. The van der Waals surface area contributed by atoms with Gasteiger partial charge in [0.25, 0.3) is 0 Å². The fourth-order valence-electron chi connectivity index (χ4n) is 8.61. The molecule has 1 heteroatoms. The van der Waals surface area contributed by atoms with Gasteiger partial charge in [-0.15, -0.1) is 11.3 Å². The van der Waals surface area contributed by atoms with E-state index in [-0.39, 0.29) is 37.9 Å². The van der Waals surface area contributed by atoms with E-state index in [1.54, 1.807) is 0 Å². The lowest BCUT2D eigenvalue weighted by Crippen LogP contribution is -2.19. The zero-order chi connectivity index (χ0) is 53.4. The molecule has 1 aliphatic rings. The van der Waals surface area contributed by atoms with Gasteiger partial charge in [0, 0.05) is 15.2 Å². The van der Waals surface area contributed by atoms with Crippen molar-refractivity contribution in [1.82, 2.24) is 0 Å². The van der Waals surface area contributed by atoms with Crippen LogP contribution in [0.3, 0.4) is 0 Å². The smallest absolute Gasteiger partial charge is 0.0159 e. The minimum absolute atomic E-state index is 0.0766. The van der Waals surface area contributed by atoms with Crippen LogP contribution in [0.2, 0.25) is 0 Å². The normalized spacial score (nSPS) is 14.0. The first-order chi connectivity index (χ1) is 31.5. The van der Waals surface area contributed by atoms with Crippen LogP contribution in [0.5, 0.6) is 0 Å². The summed E-state index contributed by atoms with van der Waals surface area (Å²) in [5.74, 6) is 0. The van der Waals surface area contributed by atoms with Gasteiger partial charge in [-0.3, -0.25) is 0 Å². The Morgan fingerprint density at radius 3 is 0.671 bits per heavy atom. The lowest BCUT2D eigenvalue weighted by atomic mass is 9.77. The second-order valence-corrected chi connectivity index (χ2v) is 30.1. The SMILES string of the molecule is CC(C)(C)c1ccc(-c2ccc(C(C)(C)C)cc2)cc1.CC(C)(C)c1ccc(C(C)(C)C)cc1.CC(C)(C)c1ccc(C(C)(C)C)s1.CC(C)(C)c1ccc2c(c1)C(C)(C)c1cc(C(C)(C)C)ccc1-2. The number of rotatable bonds is 1. The van der Waals surface area contributed by atoms with Crippen LogP contribution in [0, 0.1) is 0 Å². The van der Waals surface area contributed by atoms with Crippen molar-refractivity contribution in [2.45, 2.75) is 229 Å². The highest BCUT2D eigenvalue weighted by Gasteiger charge is 2.37. The molecule has 1 heterocycles. The lowest BCUT2D eigenvalue weighted by Gasteiger charge is -2.26. The summed E-state index contributed by atoms with van der Waals surface area (Å²) >= 11 is 1.95. The third kappa shape index (κ3) is 15.2. The number of thiophene rings is 1. The van der Waals surface area contributed by atoms with Gasteiger partial charge in [0.05, 0.1) is 0 Å². The minimum Gasteiger partial charge on any atom is -0.144 e. The molecule has 5 aromatic carbocycles. The average Bonchev–Trinajstić information content (AvgIpc) is 3.83. The fourth-order valence-corrected chi connectivity index (χ4v) is 9.73. The molecule has 0 nitrogen and oxygen atoms in total. The molecule has 0 amide bonds. The molecule has 0 unspecified atom stereocenters. The van der Waals surface area contributed by atoms with E-state index in [0.29, 0.717) is 10.8 Å². The molecule has 0 N–H and O–H groups in total. The van der Waals surface area contributed by atoms with E-state index < -0.39 is 0 Å².